The molecule has 4 atom stereocenters. The SMILES string of the molecule is CCCOC(=O)C1[C@H]2C=CC3(CN(c4ccccc4CC)C(=O)[C@@H]13)O2. The molecule has 1 spiro atoms. The third-order valence-corrected chi connectivity index (χ3v) is 5.48. The Kier molecular flexibility index (Phi) is 3.91. The summed E-state index contributed by atoms with van der Waals surface area (Å²) in [5, 5.41) is 0. The highest BCUT2D eigenvalue weighted by Crippen LogP contribution is 2.53. The van der Waals surface area contributed by atoms with Gasteiger partial charge in [0.1, 0.15) is 11.5 Å². The fourth-order valence-electron chi connectivity index (χ4n) is 4.34. The second kappa shape index (κ2) is 5.99. The Hall–Kier alpha value is -2.14. The molecule has 1 aromatic carbocycles. The summed E-state index contributed by atoms with van der Waals surface area (Å²) in [5.74, 6) is -1.38. The fraction of sp³-hybridized carbons (Fsp3) is 0.500. The van der Waals surface area contributed by atoms with Crippen molar-refractivity contribution in [1.82, 2.24) is 0 Å². The first-order valence-corrected chi connectivity index (χ1v) is 9.04. The number of amides is 1. The van der Waals surface area contributed by atoms with Gasteiger partial charge in [0, 0.05) is 5.69 Å². The molecule has 3 aliphatic rings. The van der Waals surface area contributed by atoms with Crippen LogP contribution in [0, 0.1) is 11.8 Å². The van der Waals surface area contributed by atoms with Crippen molar-refractivity contribution in [1.29, 1.82) is 0 Å². The van der Waals surface area contributed by atoms with Crippen LogP contribution in [-0.2, 0) is 25.5 Å². The minimum atomic E-state index is -0.696. The van der Waals surface area contributed by atoms with Crippen molar-refractivity contribution in [2.24, 2.45) is 11.8 Å². The Morgan fingerprint density at radius 2 is 2.16 bits per heavy atom. The molecule has 0 N–H and O–H groups in total. The molecule has 2 bridgehead atoms. The van der Waals surface area contributed by atoms with Crippen LogP contribution in [0.15, 0.2) is 36.4 Å². The van der Waals surface area contributed by atoms with E-state index in [2.05, 4.69) is 6.92 Å². The first-order valence-electron chi connectivity index (χ1n) is 9.04. The van der Waals surface area contributed by atoms with Crippen LogP contribution >= 0.6 is 0 Å². The first kappa shape index (κ1) is 16.3. The van der Waals surface area contributed by atoms with Crippen molar-refractivity contribution in [2.75, 3.05) is 18.1 Å². The third kappa shape index (κ3) is 2.33. The zero-order valence-electron chi connectivity index (χ0n) is 14.6. The lowest BCUT2D eigenvalue weighted by Gasteiger charge is -2.23. The number of aryl methyl sites for hydroxylation is 1. The fourth-order valence-corrected chi connectivity index (χ4v) is 4.34. The van der Waals surface area contributed by atoms with Gasteiger partial charge in [-0.2, -0.15) is 0 Å². The van der Waals surface area contributed by atoms with E-state index >= 15 is 0 Å². The number of esters is 1. The number of hydrogen-bond acceptors (Lipinski definition) is 4. The second-order valence-electron chi connectivity index (χ2n) is 6.97. The van der Waals surface area contributed by atoms with Crippen LogP contribution in [0.5, 0.6) is 0 Å². The lowest BCUT2D eigenvalue weighted by atomic mass is 9.77. The van der Waals surface area contributed by atoms with Gasteiger partial charge in [-0.05, 0) is 24.5 Å². The van der Waals surface area contributed by atoms with Gasteiger partial charge in [0.15, 0.2) is 0 Å². The highest BCUT2D eigenvalue weighted by molar-refractivity contribution is 6.03. The van der Waals surface area contributed by atoms with E-state index in [1.54, 1.807) is 4.90 Å². The number of nitrogens with zero attached hydrogens (tertiary/aromatic N) is 1. The minimum Gasteiger partial charge on any atom is -0.465 e. The smallest absolute Gasteiger partial charge is 0.312 e. The van der Waals surface area contributed by atoms with E-state index in [1.807, 2.05) is 43.3 Å². The normalized spacial score (nSPS) is 32.3. The Labute approximate surface area is 147 Å². The monoisotopic (exact) mass is 341 g/mol. The number of para-hydroxylation sites is 1. The largest absolute Gasteiger partial charge is 0.465 e. The molecule has 3 heterocycles. The number of benzene rings is 1. The van der Waals surface area contributed by atoms with Crippen LogP contribution in [0.2, 0.25) is 0 Å². The summed E-state index contributed by atoms with van der Waals surface area (Å²) in [5.41, 5.74) is 1.34. The number of carbonyl (C=O) groups excluding carboxylic acids is 2. The van der Waals surface area contributed by atoms with E-state index in [4.69, 9.17) is 9.47 Å². The summed E-state index contributed by atoms with van der Waals surface area (Å²) >= 11 is 0. The molecule has 0 saturated carbocycles. The first-order chi connectivity index (χ1) is 12.1. The van der Waals surface area contributed by atoms with Crippen LogP contribution in [0.1, 0.15) is 25.8 Å². The molecule has 1 aromatic rings. The average Bonchev–Trinajstić information content (AvgIpc) is 3.28. The molecule has 25 heavy (non-hydrogen) atoms. The summed E-state index contributed by atoms with van der Waals surface area (Å²) in [4.78, 5) is 27.6. The molecule has 4 rings (SSSR count). The van der Waals surface area contributed by atoms with Gasteiger partial charge in [-0.25, -0.2) is 0 Å². The lowest BCUT2D eigenvalue weighted by Crippen LogP contribution is -2.40. The molecule has 1 amide bonds. The van der Waals surface area contributed by atoms with Gasteiger partial charge in [-0.3, -0.25) is 9.59 Å². The summed E-state index contributed by atoms with van der Waals surface area (Å²) in [6.45, 7) is 4.86. The zero-order valence-corrected chi connectivity index (χ0v) is 14.6. The molecule has 132 valence electrons. The van der Waals surface area contributed by atoms with Crippen molar-refractivity contribution < 1.29 is 19.1 Å². The number of rotatable bonds is 5. The quantitative estimate of drug-likeness (QED) is 0.610. The van der Waals surface area contributed by atoms with Crippen LogP contribution < -0.4 is 4.90 Å². The number of hydrogen-bond donors (Lipinski definition) is 0. The van der Waals surface area contributed by atoms with Gasteiger partial charge in [0.05, 0.1) is 25.2 Å². The topological polar surface area (TPSA) is 55.8 Å². The Morgan fingerprint density at radius 1 is 1.36 bits per heavy atom. The zero-order chi connectivity index (χ0) is 17.6. The number of carbonyl (C=O) groups is 2. The van der Waals surface area contributed by atoms with Gasteiger partial charge >= 0.3 is 5.97 Å². The van der Waals surface area contributed by atoms with Crippen molar-refractivity contribution in [3.63, 3.8) is 0 Å². The van der Waals surface area contributed by atoms with Crippen LogP contribution in [0.25, 0.3) is 0 Å². The van der Waals surface area contributed by atoms with Gasteiger partial charge in [-0.15, -0.1) is 0 Å². The minimum absolute atomic E-state index is 0.0359. The van der Waals surface area contributed by atoms with E-state index in [0.29, 0.717) is 13.2 Å². The van der Waals surface area contributed by atoms with E-state index in [1.165, 1.54) is 0 Å². The highest BCUT2D eigenvalue weighted by atomic mass is 16.6. The maximum absolute atomic E-state index is 13.2. The Bertz CT molecular complexity index is 743. The Balaban J connectivity index is 1.67. The molecule has 0 aliphatic carbocycles. The second-order valence-corrected chi connectivity index (χ2v) is 6.97. The van der Waals surface area contributed by atoms with Gasteiger partial charge in [-0.1, -0.05) is 44.2 Å². The summed E-state index contributed by atoms with van der Waals surface area (Å²) in [6.07, 6.45) is 5.15. The standard InChI is InChI=1S/C20H23NO4/c1-3-11-24-19(23)16-15-9-10-20(25-15)12-21(18(22)17(16)20)14-8-6-5-7-13(14)4-2/h5-10,15-17H,3-4,11-12H2,1-2H3/t15-,16?,17-,20?/m1/s1. The van der Waals surface area contributed by atoms with Gasteiger partial charge in [0.25, 0.3) is 0 Å². The molecule has 5 heteroatoms. The maximum atomic E-state index is 13.2. The molecule has 2 unspecified atom stereocenters. The van der Waals surface area contributed by atoms with E-state index in [9.17, 15) is 9.59 Å². The lowest BCUT2D eigenvalue weighted by molar-refractivity contribution is -0.152. The summed E-state index contributed by atoms with van der Waals surface area (Å²) < 4.78 is 11.5. The number of fused-ring (bicyclic) bond motifs is 1. The van der Waals surface area contributed by atoms with Crippen LogP contribution in [0.4, 0.5) is 5.69 Å². The molecule has 0 radical (unpaired) electrons. The van der Waals surface area contributed by atoms with E-state index in [-0.39, 0.29) is 18.0 Å². The van der Waals surface area contributed by atoms with E-state index < -0.39 is 17.4 Å². The van der Waals surface area contributed by atoms with Crippen molar-refractivity contribution >= 4 is 17.6 Å². The van der Waals surface area contributed by atoms with Crippen LogP contribution in [0.3, 0.4) is 0 Å². The van der Waals surface area contributed by atoms with Crippen LogP contribution in [-0.4, -0.2) is 36.7 Å². The molecular weight excluding hydrogens is 318 g/mol. The number of ether oxygens (including phenoxy) is 2. The van der Waals surface area contributed by atoms with E-state index in [0.717, 1.165) is 24.1 Å². The predicted molar refractivity (Wildman–Crippen MR) is 93.1 cm³/mol. The maximum Gasteiger partial charge on any atom is 0.312 e. The third-order valence-electron chi connectivity index (χ3n) is 5.48. The summed E-state index contributed by atoms with van der Waals surface area (Å²) in [7, 11) is 0. The molecule has 0 aromatic heterocycles. The average molecular weight is 341 g/mol. The van der Waals surface area contributed by atoms with Crippen molar-refractivity contribution in [3.05, 3.63) is 42.0 Å². The molecule has 5 nitrogen and oxygen atoms in total. The molecular formula is C20H23NO4. The molecule has 2 saturated heterocycles. The summed E-state index contributed by atoms with van der Waals surface area (Å²) in [6, 6.07) is 7.92. The molecule has 3 aliphatic heterocycles. The van der Waals surface area contributed by atoms with Gasteiger partial charge < -0.3 is 14.4 Å². The highest BCUT2D eigenvalue weighted by Gasteiger charge is 2.67. The predicted octanol–water partition coefficient (Wildman–Crippen LogP) is 2.49. The molecule has 2 fully saturated rings. The van der Waals surface area contributed by atoms with Gasteiger partial charge in [0.2, 0.25) is 5.91 Å². The Morgan fingerprint density at radius 3 is 2.92 bits per heavy atom. The van der Waals surface area contributed by atoms with Crippen molar-refractivity contribution in [3.8, 4) is 0 Å². The van der Waals surface area contributed by atoms with Crippen molar-refractivity contribution in [2.45, 2.75) is 38.4 Å². The number of anilines is 1.